The lowest BCUT2D eigenvalue weighted by molar-refractivity contribution is -0.118. The van der Waals surface area contributed by atoms with Gasteiger partial charge in [0.1, 0.15) is 12.1 Å². The number of benzene rings is 2. The first-order valence-corrected chi connectivity index (χ1v) is 9.29. The van der Waals surface area contributed by atoms with Crippen LogP contribution in [-0.2, 0) is 9.59 Å². The zero-order valence-electron chi connectivity index (χ0n) is 16.2. The summed E-state index contributed by atoms with van der Waals surface area (Å²) in [6.45, 7) is 3.91. The predicted molar refractivity (Wildman–Crippen MR) is 108 cm³/mol. The summed E-state index contributed by atoms with van der Waals surface area (Å²) >= 11 is 0. The number of fused-ring (bicyclic) bond motifs is 1. The third-order valence-corrected chi connectivity index (χ3v) is 4.90. The topological polar surface area (TPSA) is 98.1 Å². The Hall–Kier alpha value is -3.68. The van der Waals surface area contributed by atoms with Crippen LogP contribution in [0.3, 0.4) is 0 Å². The van der Waals surface area contributed by atoms with Gasteiger partial charge in [0, 0.05) is 5.69 Å². The van der Waals surface area contributed by atoms with Crippen LogP contribution in [0.15, 0.2) is 48.8 Å². The number of rotatable bonds is 5. The van der Waals surface area contributed by atoms with Crippen LogP contribution in [-0.4, -0.2) is 33.2 Å². The van der Waals surface area contributed by atoms with E-state index in [0.29, 0.717) is 11.7 Å². The van der Waals surface area contributed by atoms with E-state index in [9.17, 15) is 9.59 Å². The molecule has 3 aromatic rings. The molecule has 0 saturated carbocycles. The number of anilines is 2. The van der Waals surface area contributed by atoms with E-state index in [-0.39, 0.29) is 30.9 Å². The van der Waals surface area contributed by atoms with Gasteiger partial charge in [-0.05, 0) is 54.8 Å². The van der Waals surface area contributed by atoms with Crippen LogP contribution < -0.4 is 15.4 Å². The van der Waals surface area contributed by atoms with Crippen molar-refractivity contribution < 1.29 is 14.3 Å². The Morgan fingerprint density at radius 3 is 2.93 bits per heavy atom. The van der Waals surface area contributed by atoms with E-state index < -0.39 is 0 Å². The summed E-state index contributed by atoms with van der Waals surface area (Å²) in [5.41, 5.74) is 3.88. The molecule has 0 fully saturated rings. The summed E-state index contributed by atoms with van der Waals surface area (Å²) in [4.78, 5) is 28.2. The second-order valence-corrected chi connectivity index (χ2v) is 7.00. The molecule has 8 heteroatoms. The van der Waals surface area contributed by atoms with Gasteiger partial charge in [-0.15, -0.1) is 0 Å². The lowest BCUT2D eigenvalue weighted by atomic mass is 10.0. The number of hydrogen-bond donors (Lipinski definition) is 2. The molecule has 2 amide bonds. The number of aryl methyl sites for hydroxylation is 2. The molecule has 2 N–H and O–H groups in total. The van der Waals surface area contributed by atoms with Crippen molar-refractivity contribution in [2.45, 2.75) is 26.3 Å². The molecule has 0 radical (unpaired) electrons. The zero-order chi connectivity index (χ0) is 20.4. The van der Waals surface area contributed by atoms with Gasteiger partial charge in [0.05, 0.1) is 12.5 Å². The van der Waals surface area contributed by atoms with Gasteiger partial charge in [-0.2, -0.15) is 10.1 Å². The largest absolute Gasteiger partial charge is 0.484 e. The maximum Gasteiger partial charge on any atom is 0.262 e. The fourth-order valence-corrected chi connectivity index (χ4v) is 3.24. The normalized spacial score (nSPS) is 15.4. The molecule has 0 spiro atoms. The Kier molecular flexibility index (Phi) is 4.99. The number of hydrogen-bond acceptors (Lipinski definition) is 5. The number of carbonyl (C=O) groups is 2. The molecular formula is C21H21N5O3. The average Bonchev–Trinajstić information content (AvgIpc) is 3.17. The zero-order valence-corrected chi connectivity index (χ0v) is 16.2. The minimum atomic E-state index is -0.269. The summed E-state index contributed by atoms with van der Waals surface area (Å²) in [5.74, 6) is 0.611. The number of amides is 2. The lowest BCUT2D eigenvalue weighted by Crippen LogP contribution is -2.29. The smallest absolute Gasteiger partial charge is 0.262 e. The SMILES string of the molecule is Cc1ccc(NC(=O)COc2cccc([C@H]3CC(=O)Nc4ncnn43)c2)cc1C. The standard InChI is InChI=1S/C21H21N5O3/c1-13-6-7-16(8-14(13)2)24-20(28)11-29-17-5-3-4-15(9-17)18-10-19(27)25-21-22-12-23-26(18)21/h3-9,12,18H,10-11H2,1-2H3,(H,24,28)(H,22,23,25,27)/t18-/m1/s1. The van der Waals surface area contributed by atoms with E-state index >= 15 is 0 Å². The Labute approximate surface area is 167 Å². The molecule has 8 nitrogen and oxygen atoms in total. The highest BCUT2D eigenvalue weighted by Crippen LogP contribution is 2.30. The molecule has 1 aromatic heterocycles. The minimum Gasteiger partial charge on any atom is -0.484 e. The second kappa shape index (κ2) is 7.75. The fourth-order valence-electron chi connectivity index (χ4n) is 3.24. The average molecular weight is 391 g/mol. The van der Waals surface area contributed by atoms with E-state index in [4.69, 9.17) is 4.74 Å². The Morgan fingerprint density at radius 1 is 1.24 bits per heavy atom. The maximum atomic E-state index is 12.2. The summed E-state index contributed by atoms with van der Waals surface area (Å²) in [6.07, 6.45) is 1.67. The van der Waals surface area contributed by atoms with Gasteiger partial charge in [-0.3, -0.25) is 14.9 Å². The van der Waals surface area contributed by atoms with Gasteiger partial charge < -0.3 is 10.1 Å². The maximum absolute atomic E-state index is 12.2. The molecule has 2 heterocycles. The van der Waals surface area contributed by atoms with Gasteiger partial charge in [-0.25, -0.2) is 4.68 Å². The van der Waals surface area contributed by atoms with Crippen LogP contribution in [0.2, 0.25) is 0 Å². The predicted octanol–water partition coefficient (Wildman–Crippen LogP) is 2.84. The van der Waals surface area contributed by atoms with Crippen molar-refractivity contribution in [3.63, 3.8) is 0 Å². The first kappa shape index (κ1) is 18.7. The molecule has 0 unspecified atom stereocenters. The molecule has 148 valence electrons. The Morgan fingerprint density at radius 2 is 2.10 bits per heavy atom. The molecule has 1 aliphatic rings. The molecule has 1 aliphatic heterocycles. The highest BCUT2D eigenvalue weighted by atomic mass is 16.5. The quantitative estimate of drug-likeness (QED) is 0.697. The molecule has 0 saturated heterocycles. The van der Waals surface area contributed by atoms with E-state index in [2.05, 4.69) is 20.7 Å². The highest BCUT2D eigenvalue weighted by Gasteiger charge is 2.27. The summed E-state index contributed by atoms with van der Waals surface area (Å²) in [5, 5.41) is 9.72. The third-order valence-electron chi connectivity index (χ3n) is 4.90. The summed E-state index contributed by atoms with van der Waals surface area (Å²) in [6, 6.07) is 12.8. The van der Waals surface area contributed by atoms with Crippen LogP contribution in [0.1, 0.15) is 29.2 Å². The molecule has 29 heavy (non-hydrogen) atoms. The number of aromatic nitrogens is 3. The van der Waals surface area contributed by atoms with Crippen LogP contribution in [0, 0.1) is 13.8 Å². The second-order valence-electron chi connectivity index (χ2n) is 7.00. The Balaban J connectivity index is 1.42. The first-order chi connectivity index (χ1) is 14.0. The van der Waals surface area contributed by atoms with Crippen molar-refractivity contribution >= 4 is 23.5 Å². The van der Waals surface area contributed by atoms with Crippen LogP contribution in [0.5, 0.6) is 5.75 Å². The van der Waals surface area contributed by atoms with Crippen LogP contribution >= 0.6 is 0 Å². The van der Waals surface area contributed by atoms with Crippen molar-refractivity contribution in [1.82, 2.24) is 14.8 Å². The van der Waals surface area contributed by atoms with Crippen molar-refractivity contribution in [2.24, 2.45) is 0 Å². The molecule has 1 atom stereocenters. The molecule has 0 aliphatic carbocycles. The van der Waals surface area contributed by atoms with Gasteiger partial charge in [0.15, 0.2) is 6.61 Å². The molecule has 2 aromatic carbocycles. The van der Waals surface area contributed by atoms with Crippen LogP contribution in [0.25, 0.3) is 0 Å². The number of nitrogens with one attached hydrogen (secondary N) is 2. The van der Waals surface area contributed by atoms with E-state index in [1.54, 1.807) is 10.7 Å². The van der Waals surface area contributed by atoms with Crippen molar-refractivity contribution in [1.29, 1.82) is 0 Å². The fraction of sp³-hybridized carbons (Fsp3) is 0.238. The van der Waals surface area contributed by atoms with Gasteiger partial charge in [0.25, 0.3) is 5.91 Å². The van der Waals surface area contributed by atoms with Gasteiger partial charge in [0.2, 0.25) is 11.9 Å². The number of nitrogens with zero attached hydrogens (tertiary/aromatic N) is 3. The molecule has 0 bridgehead atoms. The van der Waals surface area contributed by atoms with Gasteiger partial charge >= 0.3 is 0 Å². The molecular weight excluding hydrogens is 370 g/mol. The summed E-state index contributed by atoms with van der Waals surface area (Å²) in [7, 11) is 0. The Bertz CT molecular complexity index is 1080. The van der Waals surface area contributed by atoms with Crippen molar-refractivity contribution in [3.8, 4) is 5.75 Å². The van der Waals surface area contributed by atoms with E-state index in [1.165, 1.54) is 11.9 Å². The molecule has 4 rings (SSSR count). The van der Waals surface area contributed by atoms with E-state index in [1.807, 2.05) is 50.2 Å². The minimum absolute atomic E-state index is 0.115. The van der Waals surface area contributed by atoms with Crippen LogP contribution in [0.4, 0.5) is 11.6 Å². The first-order valence-electron chi connectivity index (χ1n) is 9.29. The number of carbonyl (C=O) groups excluding carboxylic acids is 2. The monoisotopic (exact) mass is 391 g/mol. The van der Waals surface area contributed by atoms with Gasteiger partial charge in [-0.1, -0.05) is 18.2 Å². The van der Waals surface area contributed by atoms with E-state index in [0.717, 1.165) is 16.8 Å². The third kappa shape index (κ3) is 4.11. The van der Waals surface area contributed by atoms with Crippen molar-refractivity contribution in [3.05, 3.63) is 65.5 Å². The number of ether oxygens (including phenoxy) is 1. The lowest BCUT2D eigenvalue weighted by Gasteiger charge is -2.24. The highest BCUT2D eigenvalue weighted by molar-refractivity contribution is 5.92. The van der Waals surface area contributed by atoms with Crippen molar-refractivity contribution in [2.75, 3.05) is 17.2 Å². The summed E-state index contributed by atoms with van der Waals surface area (Å²) < 4.78 is 7.34.